The van der Waals surface area contributed by atoms with Crippen LogP contribution in [0.2, 0.25) is 0 Å². The average Bonchev–Trinajstić information content (AvgIpc) is 3.90. The highest BCUT2D eigenvalue weighted by molar-refractivity contribution is 5.98. The second-order valence-electron chi connectivity index (χ2n) is 16.8. The molecule has 0 radical (unpaired) electrons. The summed E-state index contributed by atoms with van der Waals surface area (Å²) in [5, 5.41) is 27.3. The molecule has 0 saturated carbocycles. The molecule has 2 aromatic carbocycles. The first-order valence-corrected chi connectivity index (χ1v) is 22.3. The van der Waals surface area contributed by atoms with Gasteiger partial charge in [0.15, 0.2) is 11.9 Å². The Bertz CT molecular complexity index is 2460. The van der Waals surface area contributed by atoms with Crippen molar-refractivity contribution >= 4 is 75.1 Å². The van der Waals surface area contributed by atoms with Gasteiger partial charge in [-0.15, -0.1) is 0 Å². The number of nitrogens with zero attached hydrogens (tertiary/aromatic N) is 2. The lowest BCUT2D eigenvalue weighted by Gasteiger charge is -2.28. The minimum Gasteiger partial charge on any atom is -0.480 e. The van der Waals surface area contributed by atoms with Gasteiger partial charge in [0.05, 0.1) is 6.04 Å². The number of nitrogens with one attached hydrogen (secondary N) is 8. The highest BCUT2D eigenvalue weighted by Gasteiger charge is 2.34. The quantitative estimate of drug-likeness (QED) is 0.0195. The molecule has 2 heterocycles. The highest BCUT2D eigenvalue weighted by Crippen LogP contribution is 2.21. The molecular weight excluding hydrogens is 879 g/mol. The van der Waals surface area contributed by atoms with Crippen LogP contribution in [0.25, 0.3) is 21.8 Å². The number of fused-ring (bicyclic) bond motifs is 2. The maximum absolute atomic E-state index is 14.2. The van der Waals surface area contributed by atoms with E-state index in [4.69, 9.17) is 28.7 Å². The van der Waals surface area contributed by atoms with Gasteiger partial charge < -0.3 is 75.6 Å². The second kappa shape index (κ2) is 25.3. The van der Waals surface area contributed by atoms with Crippen LogP contribution in [0.1, 0.15) is 64.5 Å². The Labute approximate surface area is 393 Å². The lowest BCUT2D eigenvalue weighted by Crippen LogP contribution is -2.60. The van der Waals surface area contributed by atoms with Crippen molar-refractivity contribution in [3.8, 4) is 0 Å². The number of aliphatic carboxylic acids is 1. The van der Waals surface area contributed by atoms with E-state index in [0.29, 0.717) is 17.5 Å². The summed E-state index contributed by atoms with van der Waals surface area (Å²) < 4.78 is 0. The van der Waals surface area contributed by atoms with E-state index in [9.17, 15) is 38.7 Å². The van der Waals surface area contributed by atoms with Crippen LogP contribution in [0.3, 0.4) is 0 Å². The molecule has 7 atom stereocenters. The zero-order chi connectivity index (χ0) is 50.1. The van der Waals surface area contributed by atoms with Gasteiger partial charge in [-0.1, -0.05) is 50.2 Å². The van der Waals surface area contributed by atoms with Gasteiger partial charge in [0.25, 0.3) is 0 Å². The summed E-state index contributed by atoms with van der Waals surface area (Å²) in [6, 6.07) is 6.19. The van der Waals surface area contributed by atoms with Crippen LogP contribution in [-0.4, -0.2) is 124 Å². The number of aromatic amines is 2. The molecule has 0 bridgehead atoms. The van der Waals surface area contributed by atoms with Gasteiger partial charge in [0, 0.05) is 60.1 Å². The number of carbonyl (C=O) groups is 7. The monoisotopic (exact) mass is 944 g/mol. The Kier molecular flexibility index (Phi) is 19.7. The molecule has 23 nitrogen and oxygen atoms in total. The summed E-state index contributed by atoms with van der Waals surface area (Å²) in [6.07, 6.45) is 4.20. The van der Waals surface area contributed by atoms with Crippen molar-refractivity contribution in [1.29, 1.82) is 0 Å². The Morgan fingerprint density at radius 2 is 0.985 bits per heavy atom. The third kappa shape index (κ3) is 15.7. The Balaban J connectivity index is 1.49. The Morgan fingerprint density at radius 3 is 1.44 bits per heavy atom. The fraction of sp³-hybridized carbons (Fsp3) is 0.444. The van der Waals surface area contributed by atoms with Gasteiger partial charge in [-0.3, -0.25) is 38.8 Å². The van der Waals surface area contributed by atoms with Crippen LogP contribution in [0, 0.1) is 5.92 Å². The maximum atomic E-state index is 14.2. The van der Waals surface area contributed by atoms with Crippen molar-refractivity contribution in [3.05, 3.63) is 72.1 Å². The minimum atomic E-state index is -1.34. The maximum Gasteiger partial charge on any atom is 0.326 e. The first kappa shape index (κ1) is 52.9. The van der Waals surface area contributed by atoms with E-state index in [2.05, 4.69) is 51.9 Å². The summed E-state index contributed by atoms with van der Waals surface area (Å²) >= 11 is 0. The minimum absolute atomic E-state index is 0.0133. The Morgan fingerprint density at radius 1 is 0.559 bits per heavy atom. The third-order valence-electron chi connectivity index (χ3n) is 11.1. The smallest absolute Gasteiger partial charge is 0.326 e. The van der Waals surface area contributed by atoms with Gasteiger partial charge >= 0.3 is 5.97 Å². The van der Waals surface area contributed by atoms with Gasteiger partial charge in [0.2, 0.25) is 35.4 Å². The average molecular weight is 944 g/mol. The zero-order valence-electron chi connectivity index (χ0n) is 38.6. The number of hydrogen-bond donors (Lipinski definition) is 14. The fourth-order valence-electron chi connectivity index (χ4n) is 7.28. The normalized spacial score (nSPS) is 14.3. The van der Waals surface area contributed by atoms with Gasteiger partial charge in [-0.2, -0.15) is 0 Å². The molecule has 4 aromatic rings. The van der Waals surface area contributed by atoms with Crippen LogP contribution < -0.4 is 60.6 Å². The number of rotatable bonds is 26. The Hall–Kier alpha value is -7.69. The number of guanidine groups is 2. The predicted molar refractivity (Wildman–Crippen MR) is 257 cm³/mol. The van der Waals surface area contributed by atoms with Crippen LogP contribution >= 0.6 is 0 Å². The predicted octanol–water partition coefficient (Wildman–Crippen LogP) is -1.44. The molecular formula is C45H65N15O8. The van der Waals surface area contributed by atoms with Gasteiger partial charge in [-0.05, 0) is 68.7 Å². The third-order valence-corrected chi connectivity index (χ3v) is 11.1. The number of para-hydroxylation sites is 2. The number of carboxylic acids is 1. The molecule has 0 saturated heterocycles. The van der Waals surface area contributed by atoms with E-state index in [-0.39, 0.29) is 57.1 Å². The first-order valence-electron chi connectivity index (χ1n) is 22.3. The standard InChI is InChI=1S/C45H65N15O8/c1-23(2)36(60-41(65)35(20-27-22-54-32-15-8-6-12-29(27)32)59-37(61)24(3)55-39(63)30(46)13-9-17-51-44(47)48)42(66)56-25(4)38(62)58-34(19-26-21-53-31-14-7-5-11-28(26)31)40(64)57-33(43(67)68)16-10-18-52-45(49)50/h5-8,11-12,14-15,21-25,30,33-36,53-54H,9-10,13,16-20,46H2,1-4H3,(H,55,63)(H,56,66)(H,57,64)(H,58,62)(H,59,61)(H,60,65)(H,67,68)(H4,47,48,51)(H4,49,50,52)/t24-,25-,30-,33-,34-,35-,36-/m0/s1. The summed E-state index contributed by atoms with van der Waals surface area (Å²) in [6.45, 7) is 6.58. The second-order valence-corrected chi connectivity index (χ2v) is 16.8. The highest BCUT2D eigenvalue weighted by atomic mass is 16.4. The van der Waals surface area contributed by atoms with Gasteiger partial charge in [0.1, 0.15) is 36.3 Å². The lowest BCUT2D eigenvalue weighted by molar-refractivity contribution is -0.142. The molecule has 0 fully saturated rings. The molecule has 368 valence electrons. The van der Waals surface area contributed by atoms with Crippen molar-refractivity contribution in [3.63, 3.8) is 0 Å². The largest absolute Gasteiger partial charge is 0.480 e. The zero-order valence-corrected chi connectivity index (χ0v) is 38.6. The van der Waals surface area contributed by atoms with Gasteiger partial charge in [-0.25, -0.2) is 4.79 Å². The molecule has 0 aliphatic heterocycles. The van der Waals surface area contributed by atoms with Crippen LogP contribution in [0.5, 0.6) is 0 Å². The van der Waals surface area contributed by atoms with Crippen LogP contribution in [-0.2, 0) is 46.4 Å². The number of hydrogen-bond acceptors (Lipinski definition) is 10. The SMILES string of the molecule is CC(C)[C@H](NC(=O)[C@H](Cc1c[nH]c2ccccc12)NC(=O)[C@H](C)NC(=O)[C@@H](N)CCCN=C(N)N)C(=O)N[C@@H](C)C(=O)N[C@@H](Cc1c[nH]c2ccccc12)C(=O)N[C@@H](CCCN=C(N)N)C(=O)O. The molecule has 68 heavy (non-hydrogen) atoms. The topological polar surface area (TPSA) is 398 Å². The molecule has 2 aromatic heterocycles. The van der Waals surface area contributed by atoms with E-state index in [0.717, 1.165) is 21.8 Å². The number of nitrogens with two attached hydrogens (primary N) is 5. The summed E-state index contributed by atoms with van der Waals surface area (Å²) in [7, 11) is 0. The number of amides is 6. The molecule has 0 unspecified atom stereocenters. The van der Waals surface area contributed by atoms with E-state index in [1.165, 1.54) is 13.8 Å². The van der Waals surface area contributed by atoms with Crippen molar-refractivity contribution in [1.82, 2.24) is 41.9 Å². The number of carbonyl (C=O) groups excluding carboxylic acids is 6. The van der Waals surface area contributed by atoms with Crippen LogP contribution in [0.15, 0.2) is 70.9 Å². The van der Waals surface area contributed by atoms with Crippen molar-refractivity contribution in [2.24, 2.45) is 44.6 Å². The number of carboxylic acid groups (broad SMARTS) is 1. The number of benzene rings is 2. The van der Waals surface area contributed by atoms with Crippen molar-refractivity contribution in [2.75, 3.05) is 13.1 Å². The molecule has 0 aliphatic rings. The first-order chi connectivity index (χ1) is 32.2. The molecule has 6 amide bonds. The molecule has 19 N–H and O–H groups in total. The van der Waals surface area contributed by atoms with E-state index in [1.54, 1.807) is 26.2 Å². The number of H-pyrrole nitrogens is 2. The van der Waals surface area contributed by atoms with E-state index < -0.39 is 89.6 Å². The summed E-state index contributed by atoms with van der Waals surface area (Å²) in [5.41, 5.74) is 30.4. The van der Waals surface area contributed by atoms with Crippen LogP contribution in [0.4, 0.5) is 0 Å². The summed E-state index contributed by atoms with van der Waals surface area (Å²) in [5.74, 6) is -6.44. The van der Waals surface area contributed by atoms with Crippen molar-refractivity contribution < 1.29 is 38.7 Å². The van der Waals surface area contributed by atoms with E-state index >= 15 is 0 Å². The fourth-order valence-corrected chi connectivity index (χ4v) is 7.28. The molecule has 4 rings (SSSR count). The van der Waals surface area contributed by atoms with E-state index in [1.807, 2.05) is 48.5 Å². The lowest BCUT2D eigenvalue weighted by atomic mass is 10.00. The molecule has 0 spiro atoms. The summed E-state index contributed by atoms with van der Waals surface area (Å²) in [4.78, 5) is 108. The number of aliphatic imine (C=N–C) groups is 2. The molecule has 23 heteroatoms. The number of aromatic nitrogens is 2. The molecule has 0 aliphatic carbocycles. The van der Waals surface area contributed by atoms with Crippen molar-refractivity contribution in [2.45, 2.75) is 109 Å².